The summed E-state index contributed by atoms with van der Waals surface area (Å²) in [6, 6.07) is 3.47. The van der Waals surface area contributed by atoms with Crippen LogP contribution in [0.4, 0.5) is 9.59 Å². The zero-order chi connectivity index (χ0) is 18.3. The van der Waals surface area contributed by atoms with E-state index in [1.807, 2.05) is 39.8 Å². The van der Waals surface area contributed by atoms with E-state index in [0.29, 0.717) is 13.1 Å². The van der Waals surface area contributed by atoms with Crippen LogP contribution in [-0.2, 0) is 4.74 Å². The van der Waals surface area contributed by atoms with Crippen molar-refractivity contribution in [3.63, 3.8) is 0 Å². The first kappa shape index (κ1) is 19.7. The minimum Gasteiger partial charge on any atom is -0.444 e. The van der Waals surface area contributed by atoms with Crippen LogP contribution in [-0.4, -0.2) is 59.7 Å². The van der Waals surface area contributed by atoms with Gasteiger partial charge in [-0.25, -0.2) is 9.59 Å². The van der Waals surface area contributed by atoms with Gasteiger partial charge in [-0.2, -0.15) is 0 Å². The van der Waals surface area contributed by atoms with Crippen LogP contribution >= 0.6 is 0 Å². The van der Waals surface area contributed by atoms with Gasteiger partial charge in [-0.05, 0) is 39.3 Å². The Morgan fingerprint density at radius 3 is 2.54 bits per heavy atom. The highest BCUT2D eigenvalue weighted by Crippen LogP contribution is 2.17. The van der Waals surface area contributed by atoms with E-state index < -0.39 is 11.7 Å². The van der Waals surface area contributed by atoms with Crippen molar-refractivity contribution in [1.82, 2.24) is 20.1 Å². The fourth-order valence-electron chi connectivity index (χ4n) is 1.91. The summed E-state index contributed by atoms with van der Waals surface area (Å²) in [5.74, 6) is 0. The average molecular weight is 336 g/mol. The van der Waals surface area contributed by atoms with Crippen molar-refractivity contribution in [2.24, 2.45) is 0 Å². The minimum atomic E-state index is -0.534. The van der Waals surface area contributed by atoms with E-state index in [4.69, 9.17) is 4.74 Å². The Balaban J connectivity index is 2.41. The molecule has 7 heteroatoms. The molecule has 1 N–H and O–H groups in total. The Hall–Kier alpha value is -2.31. The highest BCUT2D eigenvalue weighted by molar-refractivity contribution is 5.74. The number of carbonyl (C=O) groups excluding carboxylic acids is 2. The molecule has 1 aromatic rings. The SMILES string of the molecule is C[C@@H](c1cccnc1)N(C)C(=O)NCCN(C)C(=O)OC(C)(C)C. The van der Waals surface area contributed by atoms with Crippen LogP contribution in [0.25, 0.3) is 0 Å². The Labute approximate surface area is 144 Å². The Bertz CT molecular complexity index is 543. The first-order valence-electron chi connectivity index (χ1n) is 7.96. The topological polar surface area (TPSA) is 74.8 Å². The lowest BCUT2D eigenvalue weighted by Crippen LogP contribution is -2.43. The van der Waals surface area contributed by atoms with Crippen molar-refractivity contribution in [3.05, 3.63) is 30.1 Å². The molecule has 0 spiro atoms. The number of aromatic nitrogens is 1. The van der Waals surface area contributed by atoms with Crippen molar-refractivity contribution in [2.45, 2.75) is 39.3 Å². The standard InChI is InChI=1S/C17H28N4O3/c1-13(14-8-7-9-18-12-14)21(6)15(22)19-10-11-20(5)16(23)24-17(2,3)4/h7-9,12-13H,10-11H2,1-6H3,(H,19,22)/t13-/m0/s1. The Morgan fingerprint density at radius 2 is 2.00 bits per heavy atom. The lowest BCUT2D eigenvalue weighted by molar-refractivity contribution is 0.0300. The molecule has 0 saturated carbocycles. The second kappa shape index (κ2) is 8.52. The predicted octanol–water partition coefficient (Wildman–Crippen LogP) is 2.65. The summed E-state index contributed by atoms with van der Waals surface area (Å²) in [7, 11) is 3.37. The second-order valence-corrected chi connectivity index (χ2v) is 6.71. The first-order valence-corrected chi connectivity index (χ1v) is 7.96. The fraction of sp³-hybridized carbons (Fsp3) is 0.588. The van der Waals surface area contributed by atoms with Crippen LogP contribution in [0.15, 0.2) is 24.5 Å². The van der Waals surface area contributed by atoms with E-state index in [1.54, 1.807) is 31.4 Å². The number of hydrogen-bond acceptors (Lipinski definition) is 4. The maximum Gasteiger partial charge on any atom is 0.410 e. The maximum absolute atomic E-state index is 12.2. The number of nitrogens with one attached hydrogen (secondary N) is 1. The molecule has 134 valence electrons. The average Bonchev–Trinajstić information content (AvgIpc) is 2.52. The largest absolute Gasteiger partial charge is 0.444 e. The summed E-state index contributed by atoms with van der Waals surface area (Å²) in [6.45, 7) is 8.10. The number of hydrogen-bond donors (Lipinski definition) is 1. The molecule has 0 aromatic carbocycles. The number of carbonyl (C=O) groups is 2. The van der Waals surface area contributed by atoms with Crippen LogP contribution in [0.2, 0.25) is 0 Å². The molecule has 3 amide bonds. The Morgan fingerprint density at radius 1 is 1.33 bits per heavy atom. The van der Waals surface area contributed by atoms with Crippen LogP contribution in [0, 0.1) is 0 Å². The van der Waals surface area contributed by atoms with E-state index >= 15 is 0 Å². The molecule has 0 radical (unpaired) electrons. The van der Waals surface area contributed by atoms with E-state index in [9.17, 15) is 9.59 Å². The molecule has 7 nitrogen and oxygen atoms in total. The van der Waals surface area contributed by atoms with Gasteiger partial charge in [0.05, 0.1) is 6.04 Å². The first-order chi connectivity index (χ1) is 11.1. The molecule has 1 rings (SSSR count). The molecule has 0 fully saturated rings. The number of urea groups is 1. The van der Waals surface area contributed by atoms with Gasteiger partial charge in [0.25, 0.3) is 0 Å². The van der Waals surface area contributed by atoms with Gasteiger partial charge in [-0.1, -0.05) is 6.07 Å². The quantitative estimate of drug-likeness (QED) is 0.897. The van der Waals surface area contributed by atoms with Crippen LogP contribution < -0.4 is 5.32 Å². The molecule has 0 unspecified atom stereocenters. The monoisotopic (exact) mass is 336 g/mol. The van der Waals surface area contributed by atoms with Gasteiger partial charge in [0.2, 0.25) is 0 Å². The van der Waals surface area contributed by atoms with Gasteiger partial charge in [-0.15, -0.1) is 0 Å². The minimum absolute atomic E-state index is 0.0951. The number of amides is 3. The molecular formula is C17H28N4O3. The molecule has 0 bridgehead atoms. The molecule has 24 heavy (non-hydrogen) atoms. The summed E-state index contributed by atoms with van der Waals surface area (Å²) in [4.78, 5) is 31.1. The van der Waals surface area contributed by atoms with E-state index in [1.165, 1.54) is 4.90 Å². The lowest BCUT2D eigenvalue weighted by atomic mass is 10.1. The Kier molecular flexibility index (Phi) is 7.00. The number of ether oxygens (including phenoxy) is 1. The van der Waals surface area contributed by atoms with Crippen molar-refractivity contribution in [2.75, 3.05) is 27.2 Å². The third-order valence-corrected chi connectivity index (χ3v) is 3.50. The van der Waals surface area contributed by atoms with Gasteiger partial charge in [0.1, 0.15) is 5.60 Å². The molecular weight excluding hydrogens is 308 g/mol. The zero-order valence-electron chi connectivity index (χ0n) is 15.4. The number of likely N-dealkylation sites (N-methyl/N-ethyl adjacent to an activating group) is 1. The number of pyridine rings is 1. The molecule has 1 heterocycles. The molecule has 1 atom stereocenters. The summed E-state index contributed by atoms with van der Waals surface area (Å²) in [5, 5.41) is 2.80. The third kappa shape index (κ3) is 6.44. The summed E-state index contributed by atoms with van der Waals surface area (Å²) >= 11 is 0. The summed E-state index contributed by atoms with van der Waals surface area (Å²) in [5.41, 5.74) is 0.426. The van der Waals surface area contributed by atoms with Crippen molar-refractivity contribution in [3.8, 4) is 0 Å². The van der Waals surface area contributed by atoms with Crippen molar-refractivity contribution < 1.29 is 14.3 Å². The normalized spacial score (nSPS) is 12.2. The summed E-state index contributed by atoms with van der Waals surface area (Å²) < 4.78 is 5.26. The highest BCUT2D eigenvalue weighted by Gasteiger charge is 2.20. The predicted molar refractivity (Wildman–Crippen MR) is 92.7 cm³/mol. The van der Waals surface area contributed by atoms with Gasteiger partial charge >= 0.3 is 12.1 Å². The highest BCUT2D eigenvalue weighted by atomic mass is 16.6. The van der Waals surface area contributed by atoms with Gasteiger partial charge in [0.15, 0.2) is 0 Å². The second-order valence-electron chi connectivity index (χ2n) is 6.71. The fourth-order valence-corrected chi connectivity index (χ4v) is 1.91. The van der Waals surface area contributed by atoms with Crippen LogP contribution in [0.3, 0.4) is 0 Å². The van der Waals surface area contributed by atoms with E-state index in [2.05, 4.69) is 10.3 Å². The number of rotatable bonds is 5. The van der Waals surface area contributed by atoms with Crippen LogP contribution in [0.5, 0.6) is 0 Å². The van der Waals surface area contributed by atoms with Gasteiger partial charge in [-0.3, -0.25) is 4.98 Å². The van der Waals surface area contributed by atoms with Crippen LogP contribution in [0.1, 0.15) is 39.3 Å². The summed E-state index contributed by atoms with van der Waals surface area (Å²) in [6.07, 6.45) is 3.03. The van der Waals surface area contributed by atoms with Gasteiger partial charge < -0.3 is 19.9 Å². The smallest absolute Gasteiger partial charge is 0.410 e. The zero-order valence-corrected chi connectivity index (χ0v) is 15.4. The van der Waals surface area contributed by atoms with Crippen molar-refractivity contribution >= 4 is 12.1 Å². The molecule has 0 aliphatic carbocycles. The van der Waals surface area contributed by atoms with Crippen molar-refractivity contribution in [1.29, 1.82) is 0 Å². The molecule has 0 saturated heterocycles. The van der Waals surface area contributed by atoms with Gasteiger partial charge in [0, 0.05) is 39.6 Å². The maximum atomic E-state index is 12.2. The number of nitrogens with zero attached hydrogens (tertiary/aromatic N) is 3. The molecule has 0 aliphatic rings. The molecule has 0 aliphatic heterocycles. The molecule has 1 aromatic heterocycles. The third-order valence-electron chi connectivity index (χ3n) is 3.50. The van der Waals surface area contributed by atoms with E-state index in [-0.39, 0.29) is 12.1 Å². The van der Waals surface area contributed by atoms with E-state index in [0.717, 1.165) is 5.56 Å². The lowest BCUT2D eigenvalue weighted by Gasteiger charge is -2.27.